The Hall–Kier alpha value is -1.03. The molecule has 140 valence electrons. The number of halogens is 3. The fraction of sp³-hybridized carbons (Fsp3) is 0.235. The van der Waals surface area contributed by atoms with Crippen molar-refractivity contribution < 1.29 is 13.2 Å². The van der Waals surface area contributed by atoms with Gasteiger partial charge >= 0.3 is 0 Å². The van der Waals surface area contributed by atoms with Gasteiger partial charge in [-0.2, -0.15) is 0 Å². The van der Waals surface area contributed by atoms with Crippen LogP contribution in [0.4, 0.5) is 11.4 Å². The van der Waals surface area contributed by atoms with Crippen molar-refractivity contribution in [2.75, 3.05) is 22.4 Å². The van der Waals surface area contributed by atoms with Crippen LogP contribution < -0.4 is 9.62 Å². The van der Waals surface area contributed by atoms with Gasteiger partial charge in [0.05, 0.1) is 17.0 Å². The number of nitrogens with zero attached hydrogens (tertiary/aromatic N) is 1. The van der Waals surface area contributed by atoms with Crippen LogP contribution in [0.25, 0.3) is 0 Å². The third kappa shape index (κ3) is 6.29. The van der Waals surface area contributed by atoms with Gasteiger partial charge in [0.25, 0.3) is 0 Å². The summed E-state index contributed by atoms with van der Waals surface area (Å²) >= 11 is 14.2. The molecule has 0 aliphatic carbocycles. The molecule has 0 aromatic heterocycles. The van der Waals surface area contributed by atoms with Crippen LogP contribution in [0.3, 0.4) is 0 Å². The molecule has 0 spiro atoms. The molecule has 0 radical (unpaired) electrons. The Morgan fingerprint density at radius 3 is 2.42 bits per heavy atom. The summed E-state index contributed by atoms with van der Waals surface area (Å²) in [6.07, 6.45) is 1.61. The second-order valence-electron chi connectivity index (χ2n) is 5.59. The van der Waals surface area contributed by atoms with Crippen LogP contribution in [-0.4, -0.2) is 27.1 Å². The highest BCUT2D eigenvalue weighted by atomic mass is 127. The molecule has 26 heavy (non-hydrogen) atoms. The standard InChI is InChI=1S/C17H17Cl2IN2O3S/c1-26(24,25)22(16-11-12(18)4-9-15(16)19)10-2-3-17(23)21-14-7-5-13(20)6-8-14/h4-9,11H,2-3,10H2,1H3,(H,21,23). The predicted octanol–water partition coefficient (Wildman–Crippen LogP) is 4.78. The average Bonchev–Trinajstić information content (AvgIpc) is 2.55. The van der Waals surface area contributed by atoms with Gasteiger partial charge in [0, 0.05) is 27.2 Å². The molecule has 0 aliphatic heterocycles. The van der Waals surface area contributed by atoms with Crippen molar-refractivity contribution >= 4 is 73.1 Å². The van der Waals surface area contributed by atoms with E-state index >= 15 is 0 Å². The van der Waals surface area contributed by atoms with Crippen molar-refractivity contribution in [1.29, 1.82) is 0 Å². The maximum atomic E-state index is 12.1. The monoisotopic (exact) mass is 526 g/mol. The largest absolute Gasteiger partial charge is 0.326 e. The molecule has 2 aromatic carbocycles. The van der Waals surface area contributed by atoms with Crippen LogP contribution in [0.2, 0.25) is 10.0 Å². The molecular weight excluding hydrogens is 510 g/mol. The van der Waals surface area contributed by atoms with Gasteiger partial charge in [0.1, 0.15) is 0 Å². The number of anilines is 2. The van der Waals surface area contributed by atoms with Gasteiger partial charge in [-0.15, -0.1) is 0 Å². The Labute approximate surface area is 176 Å². The van der Waals surface area contributed by atoms with Crippen LogP contribution in [0.5, 0.6) is 0 Å². The molecule has 0 atom stereocenters. The van der Waals surface area contributed by atoms with E-state index in [1.807, 2.05) is 24.3 Å². The summed E-state index contributed by atoms with van der Waals surface area (Å²) in [7, 11) is -3.56. The summed E-state index contributed by atoms with van der Waals surface area (Å²) in [6.45, 7) is 0.124. The summed E-state index contributed by atoms with van der Waals surface area (Å²) in [4.78, 5) is 12.1. The first-order valence-electron chi connectivity index (χ1n) is 7.65. The summed E-state index contributed by atoms with van der Waals surface area (Å²) in [5.41, 5.74) is 1.01. The average molecular weight is 527 g/mol. The smallest absolute Gasteiger partial charge is 0.232 e. The van der Waals surface area contributed by atoms with E-state index < -0.39 is 10.0 Å². The van der Waals surface area contributed by atoms with E-state index in [0.29, 0.717) is 22.8 Å². The van der Waals surface area contributed by atoms with Gasteiger partial charge in [0.2, 0.25) is 15.9 Å². The van der Waals surface area contributed by atoms with Crippen molar-refractivity contribution in [1.82, 2.24) is 0 Å². The Kier molecular flexibility index (Phi) is 7.57. The molecule has 5 nitrogen and oxygen atoms in total. The first kappa shape index (κ1) is 21.3. The molecule has 0 bridgehead atoms. The fourth-order valence-electron chi connectivity index (χ4n) is 2.28. The minimum absolute atomic E-state index is 0.124. The minimum Gasteiger partial charge on any atom is -0.326 e. The zero-order valence-electron chi connectivity index (χ0n) is 13.9. The molecule has 0 fully saturated rings. The van der Waals surface area contributed by atoms with Crippen LogP contribution in [0.15, 0.2) is 42.5 Å². The van der Waals surface area contributed by atoms with Crippen molar-refractivity contribution in [3.05, 3.63) is 56.1 Å². The Balaban J connectivity index is 2.01. The number of amides is 1. The number of nitrogens with one attached hydrogen (secondary N) is 1. The lowest BCUT2D eigenvalue weighted by Gasteiger charge is -2.23. The van der Waals surface area contributed by atoms with Gasteiger partial charge in [-0.25, -0.2) is 8.42 Å². The molecule has 0 saturated heterocycles. The highest BCUT2D eigenvalue weighted by molar-refractivity contribution is 14.1. The van der Waals surface area contributed by atoms with Crippen molar-refractivity contribution in [2.45, 2.75) is 12.8 Å². The topological polar surface area (TPSA) is 66.5 Å². The van der Waals surface area contributed by atoms with E-state index in [1.165, 1.54) is 10.4 Å². The number of carbonyl (C=O) groups is 1. The van der Waals surface area contributed by atoms with E-state index in [2.05, 4.69) is 27.9 Å². The second kappa shape index (κ2) is 9.25. The Morgan fingerprint density at radius 1 is 1.15 bits per heavy atom. The van der Waals surface area contributed by atoms with Crippen LogP contribution in [0.1, 0.15) is 12.8 Å². The minimum atomic E-state index is -3.56. The third-order valence-corrected chi connectivity index (χ3v) is 5.92. The van der Waals surface area contributed by atoms with Gasteiger partial charge in [-0.3, -0.25) is 9.10 Å². The predicted molar refractivity (Wildman–Crippen MR) is 116 cm³/mol. The Morgan fingerprint density at radius 2 is 1.81 bits per heavy atom. The van der Waals surface area contributed by atoms with Gasteiger partial charge in [-0.05, 0) is 71.5 Å². The number of carbonyl (C=O) groups excluding carboxylic acids is 1. The number of rotatable bonds is 7. The summed E-state index contributed by atoms with van der Waals surface area (Å²) in [5, 5.41) is 3.45. The molecular formula is C17H17Cl2IN2O3S. The van der Waals surface area contributed by atoms with Gasteiger partial charge in [-0.1, -0.05) is 23.2 Å². The first-order valence-corrected chi connectivity index (χ1v) is 11.3. The molecule has 0 unspecified atom stereocenters. The van der Waals surface area contributed by atoms with Gasteiger partial charge < -0.3 is 5.32 Å². The van der Waals surface area contributed by atoms with Crippen molar-refractivity contribution in [2.24, 2.45) is 0 Å². The number of hydrogen-bond acceptors (Lipinski definition) is 3. The Bertz CT molecular complexity index is 889. The summed E-state index contributed by atoms with van der Waals surface area (Å²) < 4.78 is 26.5. The maximum absolute atomic E-state index is 12.1. The SMILES string of the molecule is CS(=O)(=O)N(CCCC(=O)Nc1ccc(I)cc1)c1cc(Cl)ccc1Cl. The highest BCUT2D eigenvalue weighted by Crippen LogP contribution is 2.30. The number of hydrogen-bond donors (Lipinski definition) is 1. The highest BCUT2D eigenvalue weighted by Gasteiger charge is 2.20. The summed E-state index contributed by atoms with van der Waals surface area (Å²) in [6, 6.07) is 12.0. The third-order valence-electron chi connectivity index (χ3n) is 3.47. The van der Waals surface area contributed by atoms with E-state index in [-0.39, 0.29) is 23.9 Å². The van der Waals surface area contributed by atoms with Crippen LogP contribution >= 0.6 is 45.8 Å². The lowest BCUT2D eigenvalue weighted by Crippen LogP contribution is -2.31. The normalized spacial score (nSPS) is 11.2. The molecule has 1 N–H and O–H groups in total. The lowest BCUT2D eigenvalue weighted by atomic mass is 10.2. The molecule has 0 heterocycles. The fourth-order valence-corrected chi connectivity index (χ4v) is 4.05. The van der Waals surface area contributed by atoms with Crippen molar-refractivity contribution in [3.63, 3.8) is 0 Å². The first-order chi connectivity index (χ1) is 12.2. The molecule has 0 saturated carbocycles. The van der Waals surface area contributed by atoms with E-state index in [1.54, 1.807) is 12.1 Å². The number of benzene rings is 2. The van der Waals surface area contributed by atoms with Crippen LogP contribution in [0, 0.1) is 3.57 Å². The quantitative estimate of drug-likeness (QED) is 0.528. The van der Waals surface area contributed by atoms with E-state index in [4.69, 9.17) is 23.2 Å². The van der Waals surface area contributed by atoms with Gasteiger partial charge in [0.15, 0.2) is 0 Å². The van der Waals surface area contributed by atoms with E-state index in [9.17, 15) is 13.2 Å². The summed E-state index contributed by atoms with van der Waals surface area (Å²) in [5.74, 6) is -0.183. The van der Waals surface area contributed by atoms with E-state index in [0.717, 1.165) is 9.83 Å². The molecule has 0 aliphatic rings. The molecule has 2 aromatic rings. The maximum Gasteiger partial charge on any atom is 0.232 e. The lowest BCUT2D eigenvalue weighted by molar-refractivity contribution is -0.116. The zero-order chi connectivity index (χ0) is 19.3. The number of sulfonamides is 1. The molecule has 1 amide bonds. The van der Waals surface area contributed by atoms with Crippen LogP contribution in [-0.2, 0) is 14.8 Å². The van der Waals surface area contributed by atoms with Crippen molar-refractivity contribution in [3.8, 4) is 0 Å². The zero-order valence-corrected chi connectivity index (χ0v) is 18.4. The molecule has 9 heteroatoms. The second-order valence-corrected chi connectivity index (χ2v) is 9.59. The molecule has 2 rings (SSSR count).